The zero-order chi connectivity index (χ0) is 35.9. The molecule has 48 heavy (non-hydrogen) atoms. The first-order valence-corrected chi connectivity index (χ1v) is 16.5. The molecule has 11 heteroatoms. The van der Waals surface area contributed by atoms with E-state index in [0.29, 0.717) is 29.6 Å². The van der Waals surface area contributed by atoms with Gasteiger partial charge in [0.1, 0.15) is 18.3 Å². The highest BCUT2D eigenvalue weighted by Crippen LogP contribution is 2.60. The summed E-state index contributed by atoms with van der Waals surface area (Å²) in [7, 11) is 3.54. The molecule has 2 bridgehead atoms. The number of hydrogen-bond acceptors (Lipinski definition) is 11. The van der Waals surface area contributed by atoms with Crippen LogP contribution in [-0.2, 0) is 38.1 Å². The van der Waals surface area contributed by atoms with E-state index in [4.69, 9.17) is 18.9 Å². The van der Waals surface area contributed by atoms with E-state index < -0.39 is 83.3 Å². The maximum Gasteiger partial charge on any atom is 0.350 e. The van der Waals surface area contributed by atoms with Crippen molar-refractivity contribution in [2.45, 2.75) is 110 Å². The Morgan fingerprint density at radius 1 is 0.875 bits per heavy atom. The first-order chi connectivity index (χ1) is 22.3. The summed E-state index contributed by atoms with van der Waals surface area (Å²) in [4.78, 5) is 52.6. The molecular weight excluding hydrogens is 618 g/mol. The van der Waals surface area contributed by atoms with Gasteiger partial charge in [-0.1, -0.05) is 57.7 Å². The van der Waals surface area contributed by atoms with Gasteiger partial charge in [0, 0.05) is 32.6 Å². The molecule has 0 radical (unpaired) electrons. The zero-order valence-corrected chi connectivity index (χ0v) is 29.5. The van der Waals surface area contributed by atoms with Gasteiger partial charge in [0.05, 0.1) is 12.1 Å². The molecule has 4 rings (SSSR count). The third kappa shape index (κ3) is 6.95. The first kappa shape index (κ1) is 37.3. The van der Waals surface area contributed by atoms with Crippen molar-refractivity contribution < 1.29 is 48.3 Å². The number of carbonyl (C=O) groups is 4. The molecule has 3 aliphatic rings. The van der Waals surface area contributed by atoms with Gasteiger partial charge in [0.25, 0.3) is 0 Å². The molecule has 0 aliphatic heterocycles. The fourth-order valence-corrected chi connectivity index (χ4v) is 8.44. The van der Waals surface area contributed by atoms with Gasteiger partial charge in [0.2, 0.25) is 6.10 Å². The van der Waals surface area contributed by atoms with Crippen molar-refractivity contribution in [3.8, 4) is 0 Å². The number of likely N-dealkylation sites (N-methyl/N-ethyl adjacent to an activating group) is 1. The maximum atomic E-state index is 14.0. The van der Waals surface area contributed by atoms with Crippen LogP contribution < -0.4 is 0 Å². The second-order valence-corrected chi connectivity index (χ2v) is 14.6. The Labute approximate surface area is 283 Å². The Hall–Kier alpha value is -3.54. The molecule has 264 valence electrons. The van der Waals surface area contributed by atoms with Gasteiger partial charge < -0.3 is 29.2 Å². The van der Waals surface area contributed by atoms with Crippen LogP contribution in [0.25, 0.3) is 0 Å². The number of rotatable bonds is 8. The molecule has 0 aromatic heterocycles. The molecule has 10 atom stereocenters. The molecule has 1 aromatic carbocycles. The number of ether oxygens (including phenoxy) is 4. The summed E-state index contributed by atoms with van der Waals surface area (Å²) < 4.78 is 23.3. The van der Waals surface area contributed by atoms with E-state index in [2.05, 4.69) is 6.58 Å². The molecule has 1 aromatic rings. The fourth-order valence-electron chi connectivity index (χ4n) is 8.44. The smallest absolute Gasteiger partial charge is 0.350 e. The van der Waals surface area contributed by atoms with Gasteiger partial charge >= 0.3 is 23.9 Å². The van der Waals surface area contributed by atoms with Gasteiger partial charge in [-0.3, -0.25) is 19.3 Å². The number of carbonyl (C=O) groups excluding carboxylic acids is 4. The van der Waals surface area contributed by atoms with Crippen LogP contribution in [0.1, 0.15) is 79.3 Å². The molecule has 0 heterocycles. The quantitative estimate of drug-likeness (QED) is 0.234. The molecule has 0 spiro atoms. The Bertz CT molecular complexity index is 1450. The van der Waals surface area contributed by atoms with Crippen LogP contribution in [0.5, 0.6) is 0 Å². The lowest BCUT2D eigenvalue weighted by atomic mass is 9.49. The minimum Gasteiger partial charge on any atom is -0.458 e. The SMILES string of the molecule is C=C1C(OC(=O)C(OC(C)=O)C(c2ccccc2)N(C)C)C[C@H](O)[C@]2(C)C1C[C@@H]1CC(OC(C)=O)C(C)=C([C@@H](OC(C)=O)C2O)C1(C)C. The number of nitrogens with zero attached hydrogens (tertiary/aromatic N) is 1. The minimum atomic E-state index is -1.39. The number of fused-ring (bicyclic) bond motifs is 3. The molecule has 11 nitrogen and oxygen atoms in total. The van der Waals surface area contributed by atoms with E-state index in [-0.39, 0.29) is 12.3 Å². The standard InChI is InChI=1S/C37H51NO10/c1-19-26-16-25-17-27(45-21(3)39)20(2)30(36(25,6)7)32(46-22(4)40)34(43)37(26,8)29(42)18-28(19)48-35(44)33(47-23(5)41)31(38(9)10)24-14-12-11-13-15-24/h11-15,25-29,31-34,42-43H,1,16-18H2,2-10H3/t25-,26?,27?,28?,29+,31?,32-,33?,34?,37+/m1/s1. The lowest BCUT2D eigenvalue weighted by molar-refractivity contribution is -0.194. The van der Waals surface area contributed by atoms with Crippen molar-refractivity contribution in [2.24, 2.45) is 22.7 Å². The topological polar surface area (TPSA) is 149 Å². The number of aliphatic hydroxyl groups is 2. The zero-order valence-electron chi connectivity index (χ0n) is 29.5. The Kier molecular flexibility index (Phi) is 11.0. The largest absolute Gasteiger partial charge is 0.458 e. The number of benzene rings is 1. The second kappa shape index (κ2) is 14.1. The minimum absolute atomic E-state index is 0.0889. The predicted octanol–water partition coefficient (Wildman–Crippen LogP) is 4.07. The van der Waals surface area contributed by atoms with E-state index in [1.807, 2.05) is 51.1 Å². The summed E-state index contributed by atoms with van der Waals surface area (Å²) in [6.07, 6.45) is -5.88. The van der Waals surface area contributed by atoms with Crippen molar-refractivity contribution in [3.63, 3.8) is 0 Å². The Morgan fingerprint density at radius 2 is 1.48 bits per heavy atom. The van der Waals surface area contributed by atoms with E-state index >= 15 is 0 Å². The third-order valence-corrected chi connectivity index (χ3v) is 11.0. The molecule has 2 N–H and O–H groups in total. The molecule has 0 saturated heterocycles. The van der Waals surface area contributed by atoms with Crippen LogP contribution in [-0.4, -0.2) is 89.7 Å². The molecule has 0 amide bonds. The second-order valence-electron chi connectivity index (χ2n) is 14.6. The Balaban J connectivity index is 1.76. The van der Waals surface area contributed by atoms with Gasteiger partial charge in [-0.25, -0.2) is 4.79 Å². The van der Waals surface area contributed by atoms with Crippen molar-refractivity contribution in [1.29, 1.82) is 0 Å². The van der Waals surface area contributed by atoms with Crippen LogP contribution in [0, 0.1) is 22.7 Å². The third-order valence-electron chi connectivity index (χ3n) is 11.0. The molecule has 2 saturated carbocycles. The highest BCUT2D eigenvalue weighted by molar-refractivity contribution is 5.80. The summed E-state index contributed by atoms with van der Waals surface area (Å²) in [5.41, 5.74) is 0.710. The number of aliphatic hydroxyl groups excluding tert-OH is 2. The monoisotopic (exact) mass is 669 g/mol. The normalized spacial score (nSPS) is 32.6. The Morgan fingerprint density at radius 3 is 2.02 bits per heavy atom. The van der Waals surface area contributed by atoms with Crippen molar-refractivity contribution in [3.05, 3.63) is 59.2 Å². The molecular formula is C37H51NO10. The van der Waals surface area contributed by atoms with Crippen LogP contribution in [0.15, 0.2) is 53.6 Å². The predicted molar refractivity (Wildman–Crippen MR) is 176 cm³/mol. The molecule has 3 aliphatic carbocycles. The molecule has 6 unspecified atom stereocenters. The van der Waals surface area contributed by atoms with E-state index in [1.165, 1.54) is 20.8 Å². The van der Waals surface area contributed by atoms with E-state index in [1.54, 1.807) is 25.9 Å². The lowest BCUT2D eigenvalue weighted by Crippen LogP contribution is -2.63. The highest BCUT2D eigenvalue weighted by Gasteiger charge is 2.62. The van der Waals surface area contributed by atoms with Gasteiger partial charge in [-0.05, 0) is 73.4 Å². The van der Waals surface area contributed by atoms with Crippen LogP contribution in [0.3, 0.4) is 0 Å². The van der Waals surface area contributed by atoms with E-state index in [9.17, 15) is 29.4 Å². The highest BCUT2D eigenvalue weighted by atomic mass is 16.6. The summed E-state index contributed by atoms with van der Waals surface area (Å²) in [5, 5.41) is 24.1. The first-order valence-electron chi connectivity index (χ1n) is 16.5. The van der Waals surface area contributed by atoms with Gasteiger partial charge in [-0.15, -0.1) is 0 Å². The van der Waals surface area contributed by atoms with Crippen LogP contribution in [0.4, 0.5) is 0 Å². The fraction of sp³-hybridized carbons (Fsp3) is 0.622. The summed E-state index contributed by atoms with van der Waals surface area (Å²) in [6.45, 7) is 15.8. The lowest BCUT2D eigenvalue weighted by Gasteiger charge is -2.58. The summed E-state index contributed by atoms with van der Waals surface area (Å²) in [6, 6.07) is 8.49. The summed E-state index contributed by atoms with van der Waals surface area (Å²) in [5.74, 6) is -3.30. The average molecular weight is 670 g/mol. The van der Waals surface area contributed by atoms with Crippen LogP contribution >= 0.6 is 0 Å². The average Bonchev–Trinajstić information content (AvgIpc) is 2.98. The van der Waals surface area contributed by atoms with Crippen molar-refractivity contribution >= 4 is 23.9 Å². The van der Waals surface area contributed by atoms with Crippen molar-refractivity contribution in [2.75, 3.05) is 14.1 Å². The van der Waals surface area contributed by atoms with E-state index in [0.717, 1.165) is 5.56 Å². The molecule has 2 fully saturated rings. The van der Waals surface area contributed by atoms with Crippen LogP contribution in [0.2, 0.25) is 0 Å². The number of esters is 4. The van der Waals surface area contributed by atoms with Crippen molar-refractivity contribution in [1.82, 2.24) is 4.90 Å². The summed E-state index contributed by atoms with van der Waals surface area (Å²) >= 11 is 0. The van der Waals surface area contributed by atoms with Gasteiger partial charge in [-0.2, -0.15) is 0 Å². The van der Waals surface area contributed by atoms with Gasteiger partial charge in [0.15, 0.2) is 6.10 Å². The maximum absolute atomic E-state index is 14.0. The number of hydrogen-bond donors (Lipinski definition) is 2.